The molecule has 0 spiro atoms. The first-order chi connectivity index (χ1) is 8.86. The maximum Gasteiger partial charge on any atom is 0.0750 e. The van der Waals surface area contributed by atoms with E-state index in [4.69, 9.17) is 5.73 Å². The molecular weight excluding hydrogens is 260 g/mol. The second-order valence-corrected chi connectivity index (χ2v) is 6.93. The maximum absolute atomic E-state index is 6.46. The van der Waals surface area contributed by atoms with Gasteiger partial charge in [-0.2, -0.15) is 23.5 Å². The zero-order valence-electron chi connectivity index (χ0n) is 10.1. The fourth-order valence-electron chi connectivity index (χ4n) is 2.31. The number of hydrogen-bond acceptors (Lipinski definition) is 4. The van der Waals surface area contributed by atoms with Gasteiger partial charge in [0.25, 0.3) is 0 Å². The van der Waals surface area contributed by atoms with E-state index in [1.165, 1.54) is 22.5 Å². The van der Waals surface area contributed by atoms with Crippen LogP contribution in [0.2, 0.25) is 0 Å². The second kappa shape index (κ2) is 5.51. The van der Waals surface area contributed by atoms with Crippen molar-refractivity contribution in [1.29, 1.82) is 0 Å². The molecule has 3 rings (SSSR count). The van der Waals surface area contributed by atoms with Gasteiger partial charge in [-0.1, -0.05) is 24.3 Å². The minimum Gasteiger partial charge on any atom is -0.323 e. The van der Waals surface area contributed by atoms with E-state index in [1.807, 2.05) is 35.8 Å². The van der Waals surface area contributed by atoms with Crippen molar-refractivity contribution in [2.45, 2.75) is 11.3 Å². The Bertz CT molecular complexity index is 533. The lowest BCUT2D eigenvalue weighted by molar-refractivity contribution is 0.724. The Labute approximate surface area is 116 Å². The third kappa shape index (κ3) is 2.37. The Morgan fingerprint density at radius 2 is 2.11 bits per heavy atom. The molecule has 1 fully saturated rings. The Hall–Kier alpha value is -0.710. The minimum absolute atomic E-state index is 0.0846. The van der Waals surface area contributed by atoms with Crippen LogP contribution in [0.1, 0.15) is 11.6 Å². The summed E-state index contributed by atoms with van der Waals surface area (Å²) >= 11 is 4.01. The van der Waals surface area contributed by atoms with Gasteiger partial charge >= 0.3 is 0 Å². The molecule has 2 heterocycles. The summed E-state index contributed by atoms with van der Waals surface area (Å²) in [6.07, 6.45) is 1.85. The molecule has 1 aromatic carbocycles. The third-order valence-corrected chi connectivity index (χ3v) is 6.15. The summed E-state index contributed by atoms with van der Waals surface area (Å²) in [6.45, 7) is 0. The minimum atomic E-state index is 0.0846. The summed E-state index contributed by atoms with van der Waals surface area (Å²) in [5.74, 6) is 3.61. The van der Waals surface area contributed by atoms with Crippen LogP contribution in [0.25, 0.3) is 10.9 Å². The van der Waals surface area contributed by atoms with Gasteiger partial charge in [-0.05, 0) is 11.6 Å². The number of pyridine rings is 1. The summed E-state index contributed by atoms with van der Waals surface area (Å²) in [5.41, 5.74) is 8.71. The highest BCUT2D eigenvalue weighted by Crippen LogP contribution is 2.34. The van der Waals surface area contributed by atoms with E-state index in [9.17, 15) is 0 Å². The van der Waals surface area contributed by atoms with Crippen LogP contribution < -0.4 is 5.73 Å². The summed E-state index contributed by atoms with van der Waals surface area (Å²) in [4.78, 5) is 4.50. The van der Waals surface area contributed by atoms with Gasteiger partial charge in [0.2, 0.25) is 0 Å². The summed E-state index contributed by atoms with van der Waals surface area (Å²) in [5, 5.41) is 1.69. The SMILES string of the molecule is NC(c1cccc2cccnc12)C1CSCCS1. The van der Waals surface area contributed by atoms with Crippen LogP contribution in [0.15, 0.2) is 36.5 Å². The van der Waals surface area contributed by atoms with Gasteiger partial charge in [0, 0.05) is 40.1 Å². The lowest BCUT2D eigenvalue weighted by atomic mass is 10.0. The highest BCUT2D eigenvalue weighted by Gasteiger charge is 2.24. The van der Waals surface area contributed by atoms with E-state index in [1.54, 1.807) is 0 Å². The molecule has 2 nitrogen and oxygen atoms in total. The van der Waals surface area contributed by atoms with E-state index in [0.29, 0.717) is 5.25 Å². The van der Waals surface area contributed by atoms with Gasteiger partial charge in [0.15, 0.2) is 0 Å². The van der Waals surface area contributed by atoms with Crippen LogP contribution in [0.5, 0.6) is 0 Å². The quantitative estimate of drug-likeness (QED) is 0.915. The van der Waals surface area contributed by atoms with Crippen molar-refractivity contribution < 1.29 is 0 Å². The van der Waals surface area contributed by atoms with Crippen LogP contribution in [0, 0.1) is 0 Å². The molecule has 1 aliphatic heterocycles. The monoisotopic (exact) mass is 276 g/mol. The van der Waals surface area contributed by atoms with Crippen LogP contribution >= 0.6 is 23.5 Å². The molecule has 18 heavy (non-hydrogen) atoms. The van der Waals surface area contributed by atoms with E-state index >= 15 is 0 Å². The van der Waals surface area contributed by atoms with Crippen molar-refractivity contribution in [3.05, 3.63) is 42.1 Å². The Kier molecular flexibility index (Phi) is 3.77. The number of aromatic nitrogens is 1. The average molecular weight is 276 g/mol. The largest absolute Gasteiger partial charge is 0.323 e. The molecule has 94 valence electrons. The fourth-order valence-corrected chi connectivity index (χ4v) is 5.10. The molecule has 0 bridgehead atoms. The molecule has 2 N–H and O–H groups in total. The van der Waals surface area contributed by atoms with Crippen molar-refractivity contribution in [2.24, 2.45) is 5.73 Å². The number of thioether (sulfide) groups is 2. The van der Waals surface area contributed by atoms with Gasteiger partial charge in [0.1, 0.15) is 0 Å². The second-order valence-electron chi connectivity index (χ2n) is 4.43. The van der Waals surface area contributed by atoms with Crippen molar-refractivity contribution in [3.63, 3.8) is 0 Å². The van der Waals surface area contributed by atoms with Crippen molar-refractivity contribution in [3.8, 4) is 0 Å². The molecule has 1 aromatic heterocycles. The summed E-state index contributed by atoms with van der Waals surface area (Å²) < 4.78 is 0. The van der Waals surface area contributed by atoms with Crippen LogP contribution in [-0.2, 0) is 0 Å². The molecule has 2 unspecified atom stereocenters. The number of hydrogen-bond donors (Lipinski definition) is 1. The zero-order valence-corrected chi connectivity index (χ0v) is 11.7. The first-order valence-electron chi connectivity index (χ1n) is 6.15. The van der Waals surface area contributed by atoms with Crippen molar-refractivity contribution in [2.75, 3.05) is 17.3 Å². The lowest BCUT2D eigenvalue weighted by Gasteiger charge is -2.27. The Balaban J connectivity index is 1.97. The maximum atomic E-state index is 6.46. The highest BCUT2D eigenvalue weighted by atomic mass is 32.2. The molecule has 2 aromatic rings. The van der Waals surface area contributed by atoms with Crippen molar-refractivity contribution >= 4 is 34.4 Å². The van der Waals surface area contributed by atoms with Crippen LogP contribution in [0.4, 0.5) is 0 Å². The van der Waals surface area contributed by atoms with Crippen LogP contribution in [-0.4, -0.2) is 27.5 Å². The van der Waals surface area contributed by atoms with Crippen molar-refractivity contribution in [1.82, 2.24) is 4.98 Å². The molecule has 1 saturated heterocycles. The van der Waals surface area contributed by atoms with E-state index < -0.39 is 0 Å². The number of para-hydroxylation sites is 1. The number of rotatable bonds is 2. The highest BCUT2D eigenvalue weighted by molar-refractivity contribution is 8.06. The predicted molar refractivity (Wildman–Crippen MR) is 82.2 cm³/mol. The topological polar surface area (TPSA) is 38.9 Å². The lowest BCUT2D eigenvalue weighted by Crippen LogP contribution is -2.29. The smallest absolute Gasteiger partial charge is 0.0750 e. The Morgan fingerprint density at radius 1 is 1.22 bits per heavy atom. The van der Waals surface area contributed by atoms with Crippen LogP contribution in [0.3, 0.4) is 0 Å². The van der Waals surface area contributed by atoms with E-state index in [2.05, 4.69) is 29.2 Å². The standard InChI is InChI=1S/C14H16N2S2/c15-13(12-9-17-7-8-18-12)11-5-1-3-10-4-2-6-16-14(10)11/h1-6,12-13H,7-9,15H2. The summed E-state index contributed by atoms with van der Waals surface area (Å²) in [6, 6.07) is 10.5. The van der Waals surface area contributed by atoms with Gasteiger partial charge in [-0.15, -0.1) is 0 Å². The molecule has 2 atom stereocenters. The van der Waals surface area contributed by atoms with E-state index in [0.717, 1.165) is 11.3 Å². The molecule has 0 radical (unpaired) electrons. The molecule has 0 aliphatic carbocycles. The first-order valence-corrected chi connectivity index (χ1v) is 8.35. The van der Waals surface area contributed by atoms with Gasteiger partial charge in [-0.25, -0.2) is 0 Å². The third-order valence-electron chi connectivity index (χ3n) is 3.27. The zero-order chi connectivity index (χ0) is 12.4. The molecule has 0 saturated carbocycles. The molecule has 1 aliphatic rings. The van der Waals surface area contributed by atoms with Gasteiger partial charge < -0.3 is 5.73 Å². The average Bonchev–Trinajstić information content (AvgIpc) is 2.47. The number of fused-ring (bicyclic) bond motifs is 1. The van der Waals surface area contributed by atoms with Gasteiger partial charge in [-0.3, -0.25) is 4.98 Å². The number of nitrogens with zero attached hydrogens (tertiary/aromatic N) is 1. The normalized spacial score (nSPS) is 21.9. The van der Waals surface area contributed by atoms with E-state index in [-0.39, 0.29) is 6.04 Å². The summed E-state index contributed by atoms with van der Waals surface area (Å²) in [7, 11) is 0. The first kappa shape index (κ1) is 12.3. The predicted octanol–water partition coefficient (Wildman–Crippen LogP) is 3.08. The molecular formula is C14H16N2S2. The number of benzene rings is 1. The molecule has 4 heteroatoms. The molecule has 0 amide bonds. The Morgan fingerprint density at radius 3 is 2.94 bits per heavy atom. The fraction of sp³-hybridized carbons (Fsp3) is 0.357. The van der Waals surface area contributed by atoms with Gasteiger partial charge in [0.05, 0.1) is 5.52 Å². The number of nitrogens with two attached hydrogens (primary N) is 1.